The Bertz CT molecular complexity index is 911. The average molecular weight is 409 g/mol. The first kappa shape index (κ1) is 18.8. The van der Waals surface area contributed by atoms with Gasteiger partial charge in [0, 0.05) is 55.7 Å². The quantitative estimate of drug-likeness (QED) is 0.826. The number of hydrogen-bond donors (Lipinski definition) is 1. The molecule has 0 aromatic carbocycles. The summed E-state index contributed by atoms with van der Waals surface area (Å²) in [5.41, 5.74) is 1.93. The Kier molecular flexibility index (Phi) is 4.61. The Labute approximate surface area is 178 Å². The lowest BCUT2D eigenvalue weighted by Gasteiger charge is -2.56. The number of aromatic nitrogens is 2. The molecule has 160 valence electrons. The van der Waals surface area contributed by atoms with Crippen LogP contribution in [-0.2, 0) is 11.3 Å². The van der Waals surface area contributed by atoms with Gasteiger partial charge < -0.3 is 14.6 Å². The van der Waals surface area contributed by atoms with E-state index in [1.165, 1.54) is 38.5 Å². The normalized spacial score (nSPS) is 33.3. The van der Waals surface area contributed by atoms with E-state index in [9.17, 15) is 4.79 Å². The molecule has 2 aromatic heterocycles. The summed E-state index contributed by atoms with van der Waals surface area (Å²) in [5, 5.41) is 4.52. The van der Waals surface area contributed by atoms with E-state index in [1.54, 1.807) is 0 Å². The molecule has 3 heterocycles. The number of nitrogens with one attached hydrogen (secondary N) is 1. The van der Waals surface area contributed by atoms with Crippen molar-refractivity contribution in [2.45, 2.75) is 50.6 Å². The maximum atomic E-state index is 13.5. The lowest BCUT2D eigenvalue weighted by atomic mass is 9.53. The topological polar surface area (TPSA) is 59.4 Å². The molecule has 1 saturated heterocycles. The standard InChI is InChI=1S/C24H32N4O2/c29-23(26-24-12-17-9-18(13-24)11-19(10-17)14-24)21-16-28(22-1-2-25-15-20(21)22)4-3-27-5-7-30-8-6-27/h1-2,15-19H,3-14H2,(H,26,29). The van der Waals surface area contributed by atoms with Gasteiger partial charge in [0.05, 0.1) is 24.3 Å². The van der Waals surface area contributed by atoms with E-state index < -0.39 is 0 Å². The molecule has 0 atom stereocenters. The Morgan fingerprint density at radius 2 is 1.80 bits per heavy atom. The Morgan fingerprint density at radius 3 is 2.50 bits per heavy atom. The number of morpholine rings is 1. The Hall–Kier alpha value is -1.92. The number of carbonyl (C=O) groups excluding carboxylic acids is 1. The summed E-state index contributed by atoms with van der Waals surface area (Å²) in [6, 6.07) is 2.04. The molecule has 0 spiro atoms. The van der Waals surface area contributed by atoms with Gasteiger partial charge in [0.2, 0.25) is 0 Å². The Balaban J connectivity index is 1.23. The van der Waals surface area contributed by atoms with Crippen LogP contribution in [0.5, 0.6) is 0 Å². The summed E-state index contributed by atoms with van der Waals surface area (Å²) in [5.74, 6) is 2.58. The summed E-state index contributed by atoms with van der Waals surface area (Å²) in [7, 11) is 0. The van der Waals surface area contributed by atoms with Gasteiger partial charge in [-0.05, 0) is 62.3 Å². The molecule has 1 N–H and O–H groups in total. The van der Waals surface area contributed by atoms with Crippen molar-refractivity contribution in [2.24, 2.45) is 17.8 Å². The fourth-order valence-corrected chi connectivity index (χ4v) is 7.15. The minimum absolute atomic E-state index is 0.0380. The van der Waals surface area contributed by atoms with Crippen LogP contribution in [0.15, 0.2) is 24.7 Å². The van der Waals surface area contributed by atoms with Crippen LogP contribution in [0.3, 0.4) is 0 Å². The first-order valence-electron chi connectivity index (χ1n) is 11.7. The monoisotopic (exact) mass is 408 g/mol. The van der Waals surface area contributed by atoms with Crippen molar-refractivity contribution in [1.82, 2.24) is 19.8 Å². The van der Waals surface area contributed by atoms with Crippen LogP contribution in [0.25, 0.3) is 10.9 Å². The first-order valence-corrected chi connectivity index (χ1v) is 11.7. The summed E-state index contributed by atoms with van der Waals surface area (Å²) < 4.78 is 7.70. The number of ether oxygens (including phenoxy) is 1. The SMILES string of the molecule is O=C(NC12CC3CC(CC(C3)C1)C2)c1cn(CCN2CCOCC2)c2ccncc12. The van der Waals surface area contributed by atoms with Crippen molar-refractivity contribution in [1.29, 1.82) is 0 Å². The van der Waals surface area contributed by atoms with Crippen molar-refractivity contribution in [3.8, 4) is 0 Å². The molecule has 5 fully saturated rings. The third-order valence-electron chi connectivity index (χ3n) is 8.10. The van der Waals surface area contributed by atoms with Crippen LogP contribution in [0.1, 0.15) is 48.9 Å². The smallest absolute Gasteiger partial charge is 0.253 e. The predicted octanol–water partition coefficient (Wildman–Crippen LogP) is 3.07. The highest BCUT2D eigenvalue weighted by atomic mass is 16.5. The van der Waals surface area contributed by atoms with Crippen molar-refractivity contribution in [3.63, 3.8) is 0 Å². The lowest BCUT2D eigenvalue weighted by molar-refractivity contribution is -0.0166. The van der Waals surface area contributed by atoms with Crippen molar-refractivity contribution >= 4 is 16.8 Å². The number of carbonyl (C=O) groups is 1. The zero-order valence-corrected chi connectivity index (χ0v) is 17.7. The summed E-state index contributed by atoms with van der Waals surface area (Å²) >= 11 is 0. The van der Waals surface area contributed by atoms with Gasteiger partial charge in [-0.1, -0.05) is 0 Å². The van der Waals surface area contributed by atoms with Gasteiger partial charge in [-0.2, -0.15) is 0 Å². The van der Waals surface area contributed by atoms with E-state index >= 15 is 0 Å². The van der Waals surface area contributed by atoms with Crippen molar-refractivity contribution in [2.75, 3.05) is 32.8 Å². The van der Waals surface area contributed by atoms with E-state index in [1.807, 2.05) is 18.5 Å². The summed E-state index contributed by atoms with van der Waals surface area (Å²) in [4.78, 5) is 20.2. The molecule has 4 aliphatic carbocycles. The van der Waals surface area contributed by atoms with Gasteiger partial charge >= 0.3 is 0 Å². The van der Waals surface area contributed by atoms with Gasteiger partial charge in [-0.25, -0.2) is 0 Å². The van der Waals surface area contributed by atoms with Crippen LogP contribution < -0.4 is 5.32 Å². The van der Waals surface area contributed by atoms with Gasteiger partial charge in [0.25, 0.3) is 5.91 Å². The number of fused-ring (bicyclic) bond motifs is 1. The van der Waals surface area contributed by atoms with Crippen LogP contribution in [0.2, 0.25) is 0 Å². The molecule has 0 unspecified atom stereocenters. The maximum absolute atomic E-state index is 13.5. The number of hydrogen-bond acceptors (Lipinski definition) is 4. The molecule has 7 rings (SSSR count). The second kappa shape index (κ2) is 7.34. The largest absolute Gasteiger partial charge is 0.379 e. The van der Waals surface area contributed by atoms with E-state index in [0.717, 1.165) is 73.6 Å². The van der Waals surface area contributed by atoms with Gasteiger partial charge in [0.1, 0.15) is 0 Å². The highest BCUT2D eigenvalue weighted by molar-refractivity contribution is 6.07. The van der Waals surface area contributed by atoms with E-state index in [0.29, 0.717) is 0 Å². The van der Waals surface area contributed by atoms with E-state index in [-0.39, 0.29) is 11.4 Å². The number of amides is 1. The second-order valence-electron chi connectivity index (χ2n) is 10.2. The fourth-order valence-electron chi connectivity index (χ4n) is 7.15. The van der Waals surface area contributed by atoms with Crippen LogP contribution in [-0.4, -0.2) is 58.7 Å². The molecular formula is C24H32N4O2. The average Bonchev–Trinajstić information content (AvgIpc) is 3.11. The molecule has 5 aliphatic rings. The summed E-state index contributed by atoms with van der Waals surface area (Å²) in [6.07, 6.45) is 13.4. The highest BCUT2D eigenvalue weighted by Gasteiger charge is 2.51. The predicted molar refractivity (Wildman–Crippen MR) is 115 cm³/mol. The number of pyridine rings is 1. The van der Waals surface area contributed by atoms with Gasteiger partial charge in [-0.3, -0.25) is 14.7 Å². The molecule has 4 bridgehead atoms. The molecule has 1 amide bonds. The van der Waals surface area contributed by atoms with Gasteiger partial charge in [-0.15, -0.1) is 0 Å². The van der Waals surface area contributed by atoms with Crippen molar-refractivity contribution in [3.05, 3.63) is 30.2 Å². The van der Waals surface area contributed by atoms with Crippen LogP contribution in [0, 0.1) is 17.8 Å². The molecule has 4 saturated carbocycles. The van der Waals surface area contributed by atoms with Crippen LogP contribution in [0.4, 0.5) is 0 Å². The van der Waals surface area contributed by atoms with E-state index in [2.05, 4.69) is 26.0 Å². The number of nitrogens with zero attached hydrogens (tertiary/aromatic N) is 3. The summed E-state index contributed by atoms with van der Waals surface area (Å²) in [6.45, 7) is 5.46. The second-order valence-corrected chi connectivity index (χ2v) is 10.2. The molecule has 6 heteroatoms. The zero-order valence-electron chi connectivity index (χ0n) is 17.7. The van der Waals surface area contributed by atoms with E-state index in [4.69, 9.17) is 4.74 Å². The molecular weight excluding hydrogens is 376 g/mol. The molecule has 2 aromatic rings. The molecule has 0 radical (unpaired) electrons. The molecule has 1 aliphatic heterocycles. The third kappa shape index (κ3) is 3.34. The fraction of sp³-hybridized carbons (Fsp3) is 0.667. The van der Waals surface area contributed by atoms with Gasteiger partial charge in [0.15, 0.2) is 0 Å². The lowest BCUT2D eigenvalue weighted by Crippen LogP contribution is -2.59. The Morgan fingerprint density at radius 1 is 1.10 bits per heavy atom. The highest BCUT2D eigenvalue weighted by Crippen LogP contribution is 2.55. The first-order chi connectivity index (χ1) is 14.7. The molecule has 30 heavy (non-hydrogen) atoms. The number of rotatable bonds is 5. The minimum atomic E-state index is 0.0380. The minimum Gasteiger partial charge on any atom is -0.379 e. The van der Waals surface area contributed by atoms with Crippen molar-refractivity contribution < 1.29 is 9.53 Å². The zero-order chi connectivity index (χ0) is 20.1. The van der Waals surface area contributed by atoms with Crippen LogP contribution >= 0.6 is 0 Å². The maximum Gasteiger partial charge on any atom is 0.253 e. The molecule has 6 nitrogen and oxygen atoms in total. The third-order valence-corrected chi connectivity index (χ3v) is 8.10.